The van der Waals surface area contributed by atoms with Crippen molar-refractivity contribution < 1.29 is 4.74 Å². The molecule has 1 fully saturated rings. The molecule has 0 spiro atoms. The van der Waals surface area contributed by atoms with E-state index in [1.807, 2.05) is 24.3 Å². The zero-order valence-electron chi connectivity index (χ0n) is 11.5. The molecule has 0 saturated heterocycles. The predicted molar refractivity (Wildman–Crippen MR) is 85.3 cm³/mol. The number of hydrogen-bond acceptors (Lipinski definition) is 2. The zero-order chi connectivity index (χ0) is 13.9. The van der Waals surface area contributed by atoms with Crippen molar-refractivity contribution in [3.63, 3.8) is 0 Å². The molecule has 2 aromatic rings. The Kier molecular flexibility index (Phi) is 4.08. The summed E-state index contributed by atoms with van der Waals surface area (Å²) in [6, 6.07) is 15.0. The second-order valence-electron chi connectivity index (χ2n) is 5.33. The van der Waals surface area contributed by atoms with Gasteiger partial charge < -0.3 is 10.1 Å². The summed E-state index contributed by atoms with van der Waals surface area (Å²) >= 11 is 3.53. The van der Waals surface area contributed by atoms with Crippen molar-refractivity contribution in [1.29, 1.82) is 0 Å². The van der Waals surface area contributed by atoms with Gasteiger partial charge in [0.25, 0.3) is 0 Å². The second kappa shape index (κ2) is 5.98. The van der Waals surface area contributed by atoms with Crippen LogP contribution in [0.15, 0.2) is 46.9 Å². The Morgan fingerprint density at radius 2 is 2.05 bits per heavy atom. The van der Waals surface area contributed by atoms with E-state index < -0.39 is 0 Å². The van der Waals surface area contributed by atoms with Crippen molar-refractivity contribution in [2.75, 3.05) is 0 Å². The normalized spacial score (nSPS) is 14.3. The van der Waals surface area contributed by atoms with Gasteiger partial charge in [-0.15, -0.1) is 0 Å². The molecule has 0 aromatic heterocycles. The Bertz CT molecular complexity index is 608. The van der Waals surface area contributed by atoms with Crippen LogP contribution in [-0.2, 0) is 6.54 Å². The zero-order valence-corrected chi connectivity index (χ0v) is 13.1. The number of hydrogen-bond donors (Lipinski definition) is 1. The van der Waals surface area contributed by atoms with E-state index in [2.05, 4.69) is 46.4 Å². The summed E-state index contributed by atoms with van der Waals surface area (Å²) in [5.74, 6) is 1.81. The minimum atomic E-state index is 0.695. The molecular formula is C17H18BrNO. The molecule has 0 aliphatic heterocycles. The average Bonchev–Trinajstić information content (AvgIpc) is 3.23. The maximum atomic E-state index is 6.04. The van der Waals surface area contributed by atoms with Crippen molar-refractivity contribution in [1.82, 2.24) is 5.32 Å². The van der Waals surface area contributed by atoms with Crippen LogP contribution in [0.4, 0.5) is 0 Å². The van der Waals surface area contributed by atoms with Gasteiger partial charge in [0.05, 0.1) is 0 Å². The van der Waals surface area contributed by atoms with Gasteiger partial charge in [-0.25, -0.2) is 0 Å². The van der Waals surface area contributed by atoms with Crippen LogP contribution >= 0.6 is 15.9 Å². The average molecular weight is 332 g/mol. The summed E-state index contributed by atoms with van der Waals surface area (Å²) in [6.07, 6.45) is 2.59. The highest BCUT2D eigenvalue weighted by Crippen LogP contribution is 2.29. The van der Waals surface area contributed by atoms with Crippen LogP contribution < -0.4 is 10.1 Å². The smallest absolute Gasteiger partial charge is 0.131 e. The van der Waals surface area contributed by atoms with Gasteiger partial charge in [0, 0.05) is 22.6 Å². The number of halogens is 1. The first-order chi connectivity index (χ1) is 9.70. The molecule has 0 radical (unpaired) electrons. The summed E-state index contributed by atoms with van der Waals surface area (Å²) in [5.41, 5.74) is 2.39. The molecule has 1 N–H and O–H groups in total. The van der Waals surface area contributed by atoms with Crippen LogP contribution in [0.5, 0.6) is 11.5 Å². The lowest BCUT2D eigenvalue weighted by Crippen LogP contribution is -2.15. The van der Waals surface area contributed by atoms with Crippen molar-refractivity contribution in [3.05, 3.63) is 58.1 Å². The van der Waals surface area contributed by atoms with E-state index in [-0.39, 0.29) is 0 Å². The fourth-order valence-corrected chi connectivity index (χ4v) is 2.54. The molecule has 2 aromatic carbocycles. The van der Waals surface area contributed by atoms with E-state index >= 15 is 0 Å². The van der Waals surface area contributed by atoms with Crippen molar-refractivity contribution in [2.45, 2.75) is 32.4 Å². The third kappa shape index (κ3) is 3.62. The molecule has 3 heteroatoms. The maximum absolute atomic E-state index is 6.04. The first kappa shape index (κ1) is 13.7. The first-order valence-electron chi connectivity index (χ1n) is 6.97. The van der Waals surface area contributed by atoms with Gasteiger partial charge in [-0.1, -0.05) is 28.1 Å². The standard InChI is InChI=1S/C17H18BrNO/c1-12-3-2-4-16(9-12)20-17-8-5-14(18)10-13(17)11-19-15-6-7-15/h2-5,8-10,15,19H,6-7,11H2,1H3. The summed E-state index contributed by atoms with van der Waals surface area (Å²) in [6.45, 7) is 2.93. The Hall–Kier alpha value is -1.32. The highest BCUT2D eigenvalue weighted by atomic mass is 79.9. The van der Waals surface area contributed by atoms with Crippen molar-refractivity contribution in [3.8, 4) is 11.5 Å². The summed E-state index contributed by atoms with van der Waals surface area (Å²) < 4.78 is 7.12. The molecule has 0 unspecified atom stereocenters. The van der Waals surface area contributed by atoms with Gasteiger partial charge in [-0.3, -0.25) is 0 Å². The summed E-state index contributed by atoms with van der Waals surface area (Å²) in [4.78, 5) is 0. The molecular weight excluding hydrogens is 314 g/mol. The van der Waals surface area contributed by atoms with E-state index in [9.17, 15) is 0 Å². The fraction of sp³-hybridized carbons (Fsp3) is 0.294. The lowest BCUT2D eigenvalue weighted by atomic mass is 10.2. The van der Waals surface area contributed by atoms with Crippen molar-refractivity contribution in [2.24, 2.45) is 0 Å². The number of nitrogens with one attached hydrogen (secondary N) is 1. The van der Waals surface area contributed by atoms with E-state index in [4.69, 9.17) is 4.74 Å². The van der Waals surface area contributed by atoms with Crippen LogP contribution in [0.2, 0.25) is 0 Å². The molecule has 104 valence electrons. The van der Waals surface area contributed by atoms with E-state index in [0.29, 0.717) is 6.04 Å². The van der Waals surface area contributed by atoms with Gasteiger partial charge in [-0.2, -0.15) is 0 Å². The number of aryl methyl sites for hydroxylation is 1. The quantitative estimate of drug-likeness (QED) is 0.849. The monoisotopic (exact) mass is 331 g/mol. The minimum absolute atomic E-state index is 0.695. The summed E-state index contributed by atoms with van der Waals surface area (Å²) in [7, 11) is 0. The molecule has 0 bridgehead atoms. The molecule has 0 heterocycles. The minimum Gasteiger partial charge on any atom is -0.457 e. The summed E-state index contributed by atoms with van der Waals surface area (Å²) in [5, 5.41) is 3.54. The fourth-order valence-electron chi connectivity index (χ4n) is 2.13. The molecule has 1 aliphatic carbocycles. The van der Waals surface area contributed by atoms with Gasteiger partial charge in [0.15, 0.2) is 0 Å². The highest BCUT2D eigenvalue weighted by Gasteiger charge is 2.20. The molecule has 1 saturated carbocycles. The van der Waals surface area contributed by atoms with Gasteiger partial charge in [-0.05, 0) is 55.7 Å². The number of rotatable bonds is 5. The molecule has 1 aliphatic rings. The molecule has 0 atom stereocenters. The number of ether oxygens (including phenoxy) is 1. The Morgan fingerprint density at radius 3 is 2.80 bits per heavy atom. The van der Waals surface area contributed by atoms with Crippen molar-refractivity contribution >= 4 is 15.9 Å². The molecule has 3 rings (SSSR count). The SMILES string of the molecule is Cc1cccc(Oc2ccc(Br)cc2CNC2CC2)c1. The molecule has 20 heavy (non-hydrogen) atoms. The van der Waals surface area contributed by atoms with E-state index in [0.717, 1.165) is 22.5 Å². The number of benzene rings is 2. The van der Waals surface area contributed by atoms with Crippen LogP contribution in [0.25, 0.3) is 0 Å². The van der Waals surface area contributed by atoms with Crippen LogP contribution in [0, 0.1) is 6.92 Å². The van der Waals surface area contributed by atoms with Crippen LogP contribution in [0.1, 0.15) is 24.0 Å². The van der Waals surface area contributed by atoms with Gasteiger partial charge in [0.2, 0.25) is 0 Å². The second-order valence-corrected chi connectivity index (χ2v) is 6.24. The Balaban J connectivity index is 1.79. The topological polar surface area (TPSA) is 21.3 Å². The van der Waals surface area contributed by atoms with E-state index in [1.54, 1.807) is 0 Å². The third-order valence-electron chi connectivity index (χ3n) is 3.40. The molecule has 0 amide bonds. The van der Waals surface area contributed by atoms with Gasteiger partial charge >= 0.3 is 0 Å². The van der Waals surface area contributed by atoms with Gasteiger partial charge in [0.1, 0.15) is 11.5 Å². The lowest BCUT2D eigenvalue weighted by molar-refractivity contribution is 0.472. The highest BCUT2D eigenvalue weighted by molar-refractivity contribution is 9.10. The third-order valence-corrected chi connectivity index (χ3v) is 3.89. The maximum Gasteiger partial charge on any atom is 0.131 e. The molecule has 2 nitrogen and oxygen atoms in total. The first-order valence-corrected chi connectivity index (χ1v) is 7.76. The van der Waals surface area contributed by atoms with Crippen LogP contribution in [-0.4, -0.2) is 6.04 Å². The largest absolute Gasteiger partial charge is 0.457 e. The van der Waals surface area contributed by atoms with Crippen LogP contribution in [0.3, 0.4) is 0 Å². The van der Waals surface area contributed by atoms with E-state index in [1.165, 1.54) is 24.0 Å². The predicted octanol–water partition coefficient (Wildman–Crippen LogP) is 4.80. The Morgan fingerprint density at radius 1 is 1.20 bits per heavy atom. The Labute approximate surface area is 128 Å². The lowest BCUT2D eigenvalue weighted by Gasteiger charge is -2.13.